The topological polar surface area (TPSA) is 74.0 Å². The molecule has 4 rings (SSSR count). The Kier molecular flexibility index (Phi) is 4.10. The van der Waals surface area contributed by atoms with E-state index in [2.05, 4.69) is 15.5 Å². The van der Waals surface area contributed by atoms with E-state index < -0.39 is 0 Å². The van der Waals surface area contributed by atoms with Crippen molar-refractivity contribution in [3.05, 3.63) is 29.7 Å². The number of hydrogen-bond acceptors (Lipinski definition) is 4. The third kappa shape index (κ3) is 2.84. The number of fused-ring (bicyclic) bond motifs is 1. The molecule has 1 amide bonds. The first kappa shape index (κ1) is 15.4. The zero-order chi connectivity index (χ0) is 16.5. The number of nitrogens with zero attached hydrogens (tertiary/aromatic N) is 4. The fourth-order valence-corrected chi connectivity index (χ4v) is 3.68. The van der Waals surface area contributed by atoms with Crippen LogP contribution >= 0.6 is 0 Å². The molecular weight excluding hydrogens is 306 g/mol. The van der Waals surface area contributed by atoms with E-state index >= 15 is 0 Å². The fourth-order valence-electron chi connectivity index (χ4n) is 3.68. The summed E-state index contributed by atoms with van der Waals surface area (Å²) in [6, 6.07) is 3.93. The maximum atomic E-state index is 12.7. The van der Waals surface area contributed by atoms with Crippen LogP contribution in [-0.4, -0.2) is 38.7 Å². The van der Waals surface area contributed by atoms with Crippen molar-refractivity contribution in [2.45, 2.75) is 44.1 Å². The van der Waals surface area contributed by atoms with Gasteiger partial charge < -0.3 is 10.1 Å². The van der Waals surface area contributed by atoms with Crippen LogP contribution in [0.3, 0.4) is 0 Å². The number of rotatable bonds is 3. The molecule has 0 saturated carbocycles. The second-order valence-corrected chi connectivity index (χ2v) is 6.66. The summed E-state index contributed by atoms with van der Waals surface area (Å²) >= 11 is 0. The Morgan fingerprint density at radius 2 is 2.29 bits per heavy atom. The molecule has 2 atom stereocenters. The maximum Gasteiger partial charge on any atom is 0.234 e. The van der Waals surface area contributed by atoms with E-state index in [4.69, 9.17) is 4.74 Å². The molecule has 0 aliphatic carbocycles. The maximum absolute atomic E-state index is 12.7. The lowest BCUT2D eigenvalue weighted by Crippen LogP contribution is -2.28. The molecule has 0 aromatic carbocycles. The van der Waals surface area contributed by atoms with E-state index in [-0.39, 0.29) is 11.8 Å². The van der Waals surface area contributed by atoms with Gasteiger partial charge in [-0.15, -0.1) is 0 Å². The molecule has 2 aliphatic rings. The van der Waals surface area contributed by atoms with Crippen LogP contribution < -0.4 is 5.32 Å². The number of nitrogens with one attached hydrogen (secondary N) is 1. The molecule has 128 valence electrons. The molecule has 0 bridgehead atoms. The van der Waals surface area contributed by atoms with Crippen molar-refractivity contribution in [2.24, 2.45) is 7.05 Å². The number of hydrogen-bond donors (Lipinski definition) is 1. The van der Waals surface area contributed by atoms with Gasteiger partial charge in [-0.2, -0.15) is 10.2 Å². The molecule has 2 aromatic rings. The van der Waals surface area contributed by atoms with Gasteiger partial charge in [0.1, 0.15) is 5.82 Å². The minimum Gasteiger partial charge on any atom is -0.381 e. The molecule has 1 saturated heterocycles. The standard InChI is InChI=1S/C17H23N5O2/c1-21-16(10-14(20-21)12-4-3-9-24-11-12)19-17(23)13-5-2-8-22-15(13)6-7-18-22/h6-7,10,12-13H,2-5,8-9,11H2,1H3,(H,19,23). The van der Waals surface area contributed by atoms with Gasteiger partial charge >= 0.3 is 0 Å². The number of ether oxygens (including phenoxy) is 1. The van der Waals surface area contributed by atoms with Crippen LogP contribution in [0.2, 0.25) is 0 Å². The lowest BCUT2D eigenvalue weighted by atomic mass is 9.95. The number of anilines is 1. The molecule has 24 heavy (non-hydrogen) atoms. The molecule has 1 fully saturated rings. The first-order valence-electron chi connectivity index (χ1n) is 8.66. The van der Waals surface area contributed by atoms with Gasteiger partial charge in [-0.25, -0.2) is 0 Å². The molecule has 7 heteroatoms. The van der Waals surface area contributed by atoms with Crippen molar-refractivity contribution >= 4 is 11.7 Å². The summed E-state index contributed by atoms with van der Waals surface area (Å²) in [7, 11) is 1.87. The smallest absolute Gasteiger partial charge is 0.234 e. The van der Waals surface area contributed by atoms with Crippen molar-refractivity contribution in [3.63, 3.8) is 0 Å². The van der Waals surface area contributed by atoms with Crippen LogP contribution in [0, 0.1) is 0 Å². The van der Waals surface area contributed by atoms with E-state index in [1.165, 1.54) is 0 Å². The van der Waals surface area contributed by atoms with Gasteiger partial charge in [-0.3, -0.25) is 14.2 Å². The van der Waals surface area contributed by atoms with Crippen LogP contribution in [0.1, 0.15) is 48.9 Å². The normalized spacial score (nSPS) is 23.7. The fraction of sp³-hybridized carbons (Fsp3) is 0.588. The van der Waals surface area contributed by atoms with E-state index in [0.29, 0.717) is 12.5 Å². The van der Waals surface area contributed by atoms with Crippen LogP contribution in [0.5, 0.6) is 0 Å². The van der Waals surface area contributed by atoms with Crippen LogP contribution in [-0.2, 0) is 23.1 Å². The highest BCUT2D eigenvalue weighted by Crippen LogP contribution is 2.29. The Hall–Kier alpha value is -2.15. The number of amides is 1. The van der Waals surface area contributed by atoms with Gasteiger partial charge in [0.05, 0.1) is 23.9 Å². The Labute approximate surface area is 141 Å². The van der Waals surface area contributed by atoms with Gasteiger partial charge in [0.2, 0.25) is 5.91 Å². The van der Waals surface area contributed by atoms with E-state index in [9.17, 15) is 4.79 Å². The van der Waals surface area contributed by atoms with Gasteiger partial charge in [0.25, 0.3) is 0 Å². The van der Waals surface area contributed by atoms with Crippen molar-refractivity contribution in [1.29, 1.82) is 0 Å². The summed E-state index contributed by atoms with van der Waals surface area (Å²) in [4.78, 5) is 12.7. The second kappa shape index (κ2) is 6.39. The number of carbonyl (C=O) groups is 1. The highest BCUT2D eigenvalue weighted by Gasteiger charge is 2.28. The minimum absolute atomic E-state index is 0.0193. The molecule has 2 unspecified atom stereocenters. The SMILES string of the molecule is Cn1nc(C2CCCOC2)cc1NC(=O)C1CCCn2nccc21. The van der Waals surface area contributed by atoms with Crippen molar-refractivity contribution in [2.75, 3.05) is 18.5 Å². The van der Waals surface area contributed by atoms with Gasteiger partial charge in [-0.1, -0.05) is 0 Å². The molecule has 4 heterocycles. The Balaban J connectivity index is 1.49. The lowest BCUT2D eigenvalue weighted by molar-refractivity contribution is -0.118. The molecule has 2 aromatic heterocycles. The molecule has 0 radical (unpaired) electrons. The van der Waals surface area contributed by atoms with Crippen molar-refractivity contribution < 1.29 is 9.53 Å². The quantitative estimate of drug-likeness (QED) is 0.935. The monoisotopic (exact) mass is 329 g/mol. The van der Waals surface area contributed by atoms with E-state index in [1.54, 1.807) is 10.9 Å². The molecule has 0 spiro atoms. The Bertz CT molecular complexity index is 729. The minimum atomic E-state index is -0.141. The summed E-state index contributed by atoms with van der Waals surface area (Å²) in [5, 5.41) is 11.9. The number of aromatic nitrogens is 4. The van der Waals surface area contributed by atoms with Crippen molar-refractivity contribution in [3.8, 4) is 0 Å². The highest BCUT2D eigenvalue weighted by atomic mass is 16.5. The van der Waals surface area contributed by atoms with Crippen molar-refractivity contribution in [1.82, 2.24) is 19.6 Å². The number of aryl methyl sites for hydroxylation is 2. The summed E-state index contributed by atoms with van der Waals surface area (Å²) < 4.78 is 9.23. The molecule has 2 aliphatic heterocycles. The zero-order valence-corrected chi connectivity index (χ0v) is 13.9. The average Bonchev–Trinajstić information content (AvgIpc) is 3.22. The first-order valence-corrected chi connectivity index (χ1v) is 8.66. The third-order valence-electron chi connectivity index (χ3n) is 5.01. The predicted octanol–water partition coefficient (Wildman–Crippen LogP) is 2.03. The summed E-state index contributed by atoms with van der Waals surface area (Å²) in [6.45, 7) is 2.44. The predicted molar refractivity (Wildman–Crippen MR) is 88.8 cm³/mol. The lowest BCUT2D eigenvalue weighted by Gasteiger charge is -2.22. The number of carbonyl (C=O) groups excluding carboxylic acids is 1. The second-order valence-electron chi connectivity index (χ2n) is 6.66. The van der Waals surface area contributed by atoms with Crippen LogP contribution in [0.4, 0.5) is 5.82 Å². The molecular formula is C17H23N5O2. The average molecular weight is 329 g/mol. The summed E-state index contributed by atoms with van der Waals surface area (Å²) in [5.41, 5.74) is 2.00. The molecule has 7 nitrogen and oxygen atoms in total. The van der Waals surface area contributed by atoms with Crippen LogP contribution in [0.25, 0.3) is 0 Å². The summed E-state index contributed by atoms with van der Waals surface area (Å²) in [6.07, 6.45) is 5.76. The Morgan fingerprint density at radius 1 is 1.38 bits per heavy atom. The van der Waals surface area contributed by atoms with Gasteiger partial charge in [0.15, 0.2) is 0 Å². The first-order chi connectivity index (χ1) is 11.7. The third-order valence-corrected chi connectivity index (χ3v) is 5.01. The van der Waals surface area contributed by atoms with E-state index in [0.717, 1.165) is 56.0 Å². The largest absolute Gasteiger partial charge is 0.381 e. The van der Waals surface area contributed by atoms with E-state index in [1.807, 2.05) is 23.9 Å². The highest BCUT2D eigenvalue weighted by molar-refractivity contribution is 5.95. The van der Waals surface area contributed by atoms with Gasteiger partial charge in [0, 0.05) is 38.4 Å². The molecule has 1 N–H and O–H groups in total. The summed E-state index contributed by atoms with van der Waals surface area (Å²) in [5.74, 6) is 0.951. The Morgan fingerprint density at radius 3 is 3.12 bits per heavy atom. The van der Waals surface area contributed by atoms with Gasteiger partial charge in [-0.05, 0) is 31.7 Å². The zero-order valence-electron chi connectivity index (χ0n) is 13.9. The van der Waals surface area contributed by atoms with Crippen LogP contribution in [0.15, 0.2) is 18.3 Å².